The molecular formula is C14H20N4O. The molecule has 0 radical (unpaired) electrons. The highest BCUT2D eigenvalue weighted by Gasteiger charge is 2.05. The summed E-state index contributed by atoms with van der Waals surface area (Å²) in [7, 11) is 0. The Morgan fingerprint density at radius 1 is 1.16 bits per heavy atom. The van der Waals surface area contributed by atoms with Crippen molar-refractivity contribution in [3.05, 3.63) is 30.0 Å². The lowest BCUT2D eigenvalue weighted by Gasteiger charge is -2.10. The Bertz CT molecular complexity index is 542. The maximum absolute atomic E-state index is 9.14. The van der Waals surface area contributed by atoms with Gasteiger partial charge in [0.15, 0.2) is 5.82 Å². The van der Waals surface area contributed by atoms with E-state index in [1.165, 1.54) is 0 Å². The highest BCUT2D eigenvalue weighted by Crippen LogP contribution is 2.21. The third-order valence-electron chi connectivity index (χ3n) is 2.91. The molecule has 19 heavy (non-hydrogen) atoms. The Balaban J connectivity index is 1.99. The minimum absolute atomic E-state index is 0.319. The van der Waals surface area contributed by atoms with Crippen molar-refractivity contribution < 1.29 is 5.11 Å². The number of nitrogens with one attached hydrogen (secondary N) is 2. The zero-order valence-electron chi connectivity index (χ0n) is 11.3. The summed E-state index contributed by atoms with van der Waals surface area (Å²) in [5, 5.41) is 26.1. The molecule has 2 aromatic rings. The largest absolute Gasteiger partial charge is 0.392 e. The van der Waals surface area contributed by atoms with Crippen LogP contribution in [-0.4, -0.2) is 41.0 Å². The highest BCUT2D eigenvalue weighted by molar-refractivity contribution is 5.92. The van der Waals surface area contributed by atoms with Gasteiger partial charge in [0.05, 0.1) is 11.8 Å². The second kappa shape index (κ2) is 6.45. The van der Waals surface area contributed by atoms with Gasteiger partial charge in [-0.3, -0.25) is 0 Å². The molecule has 0 amide bonds. The lowest BCUT2D eigenvalue weighted by Crippen LogP contribution is -2.29. The van der Waals surface area contributed by atoms with Crippen LogP contribution in [-0.2, 0) is 0 Å². The summed E-state index contributed by atoms with van der Waals surface area (Å²) in [4.78, 5) is 0. The summed E-state index contributed by atoms with van der Waals surface area (Å²) >= 11 is 0. The predicted octanol–water partition coefficient (Wildman–Crippen LogP) is 1.32. The fraction of sp³-hybridized carbons (Fsp3) is 0.429. The second-order valence-corrected chi connectivity index (χ2v) is 4.66. The van der Waals surface area contributed by atoms with E-state index in [1.54, 1.807) is 6.92 Å². The van der Waals surface area contributed by atoms with Gasteiger partial charge in [-0.1, -0.05) is 24.3 Å². The van der Waals surface area contributed by atoms with Crippen molar-refractivity contribution in [2.45, 2.75) is 20.0 Å². The number of aryl methyl sites for hydroxylation is 1. The predicted molar refractivity (Wildman–Crippen MR) is 77.3 cm³/mol. The molecule has 1 aromatic carbocycles. The van der Waals surface area contributed by atoms with E-state index in [9.17, 15) is 0 Å². The first kappa shape index (κ1) is 13.7. The molecule has 1 unspecified atom stereocenters. The number of aliphatic hydroxyl groups excluding tert-OH is 1. The third kappa shape index (κ3) is 3.62. The summed E-state index contributed by atoms with van der Waals surface area (Å²) in [6.07, 6.45) is -0.319. The lowest BCUT2D eigenvalue weighted by molar-refractivity contribution is 0.192. The first-order chi connectivity index (χ1) is 9.18. The fourth-order valence-electron chi connectivity index (χ4n) is 1.95. The summed E-state index contributed by atoms with van der Waals surface area (Å²) < 4.78 is 0. The number of fused-ring (bicyclic) bond motifs is 1. The van der Waals surface area contributed by atoms with Gasteiger partial charge < -0.3 is 15.7 Å². The van der Waals surface area contributed by atoms with Crippen molar-refractivity contribution in [2.24, 2.45) is 0 Å². The van der Waals surface area contributed by atoms with Gasteiger partial charge in [0.1, 0.15) is 0 Å². The van der Waals surface area contributed by atoms with E-state index in [0.717, 1.165) is 35.4 Å². The number of benzene rings is 1. The molecule has 0 aliphatic rings. The number of nitrogens with zero attached hydrogens (tertiary/aromatic N) is 2. The van der Waals surface area contributed by atoms with Gasteiger partial charge >= 0.3 is 0 Å². The van der Waals surface area contributed by atoms with Crippen LogP contribution >= 0.6 is 0 Å². The van der Waals surface area contributed by atoms with Crippen LogP contribution in [0.5, 0.6) is 0 Å². The molecule has 0 aliphatic heterocycles. The maximum Gasteiger partial charge on any atom is 0.156 e. The molecule has 3 N–H and O–H groups in total. The molecule has 102 valence electrons. The van der Waals surface area contributed by atoms with Crippen LogP contribution in [0.2, 0.25) is 0 Å². The van der Waals surface area contributed by atoms with Crippen molar-refractivity contribution in [3.8, 4) is 0 Å². The molecule has 0 saturated heterocycles. The van der Waals surface area contributed by atoms with E-state index in [1.807, 2.05) is 25.1 Å². The number of aliphatic hydroxyl groups is 1. The van der Waals surface area contributed by atoms with Gasteiger partial charge in [-0.15, -0.1) is 5.10 Å². The Morgan fingerprint density at radius 3 is 2.63 bits per heavy atom. The molecule has 5 nitrogen and oxygen atoms in total. The van der Waals surface area contributed by atoms with Gasteiger partial charge in [-0.25, -0.2) is 0 Å². The zero-order chi connectivity index (χ0) is 13.7. The van der Waals surface area contributed by atoms with E-state index in [0.29, 0.717) is 6.54 Å². The van der Waals surface area contributed by atoms with Crippen LogP contribution in [0.3, 0.4) is 0 Å². The summed E-state index contributed by atoms with van der Waals surface area (Å²) in [5.74, 6) is 0.806. The topological polar surface area (TPSA) is 70.1 Å². The van der Waals surface area contributed by atoms with E-state index < -0.39 is 0 Å². The molecule has 1 aromatic heterocycles. The van der Waals surface area contributed by atoms with E-state index in [4.69, 9.17) is 5.11 Å². The maximum atomic E-state index is 9.14. The Kier molecular flexibility index (Phi) is 4.65. The Hall–Kier alpha value is -1.72. The molecule has 0 bridgehead atoms. The minimum Gasteiger partial charge on any atom is -0.392 e. The van der Waals surface area contributed by atoms with Gasteiger partial charge in [0, 0.05) is 30.4 Å². The van der Waals surface area contributed by atoms with Crippen LogP contribution in [0, 0.1) is 6.92 Å². The zero-order valence-corrected chi connectivity index (χ0v) is 11.3. The third-order valence-corrected chi connectivity index (χ3v) is 2.91. The van der Waals surface area contributed by atoms with Crippen molar-refractivity contribution in [2.75, 3.05) is 25.0 Å². The second-order valence-electron chi connectivity index (χ2n) is 4.66. The average molecular weight is 260 g/mol. The van der Waals surface area contributed by atoms with Gasteiger partial charge in [-0.05, 0) is 13.8 Å². The average Bonchev–Trinajstić information content (AvgIpc) is 2.41. The van der Waals surface area contributed by atoms with Crippen LogP contribution in [0.25, 0.3) is 10.8 Å². The Labute approximate surface area is 113 Å². The van der Waals surface area contributed by atoms with Crippen LogP contribution in [0.1, 0.15) is 12.6 Å². The number of aromatic nitrogens is 2. The first-order valence-electron chi connectivity index (χ1n) is 6.53. The molecule has 0 aliphatic carbocycles. The molecule has 5 heteroatoms. The number of hydrogen-bond donors (Lipinski definition) is 3. The Morgan fingerprint density at radius 2 is 1.89 bits per heavy atom. The quantitative estimate of drug-likeness (QED) is 0.683. The lowest BCUT2D eigenvalue weighted by atomic mass is 10.1. The molecule has 0 saturated carbocycles. The van der Waals surface area contributed by atoms with Crippen molar-refractivity contribution in [1.29, 1.82) is 0 Å². The number of anilines is 1. The van der Waals surface area contributed by atoms with E-state index in [2.05, 4.69) is 26.9 Å². The minimum atomic E-state index is -0.319. The van der Waals surface area contributed by atoms with Gasteiger partial charge in [0.25, 0.3) is 0 Å². The van der Waals surface area contributed by atoms with E-state index in [-0.39, 0.29) is 6.10 Å². The summed E-state index contributed by atoms with van der Waals surface area (Å²) in [6, 6.07) is 8.10. The number of rotatable bonds is 6. The van der Waals surface area contributed by atoms with Crippen molar-refractivity contribution >= 4 is 16.6 Å². The fourth-order valence-corrected chi connectivity index (χ4v) is 1.95. The van der Waals surface area contributed by atoms with E-state index >= 15 is 0 Å². The smallest absolute Gasteiger partial charge is 0.156 e. The molecular weight excluding hydrogens is 240 g/mol. The van der Waals surface area contributed by atoms with Crippen molar-refractivity contribution in [3.63, 3.8) is 0 Å². The van der Waals surface area contributed by atoms with Crippen LogP contribution in [0.15, 0.2) is 24.3 Å². The summed E-state index contributed by atoms with van der Waals surface area (Å²) in [5.41, 5.74) is 0.938. The number of hydrogen-bond acceptors (Lipinski definition) is 5. The first-order valence-corrected chi connectivity index (χ1v) is 6.53. The normalized spacial score (nSPS) is 12.6. The standard InChI is InChI=1S/C14H20N4O/c1-10(19)9-15-7-8-16-14-13-6-4-3-5-12(13)11(2)17-18-14/h3-6,10,15,19H,7-9H2,1-2H3,(H,16,18). The van der Waals surface area contributed by atoms with Gasteiger partial charge in [-0.2, -0.15) is 5.10 Å². The van der Waals surface area contributed by atoms with Crippen molar-refractivity contribution in [1.82, 2.24) is 15.5 Å². The molecule has 2 rings (SSSR count). The van der Waals surface area contributed by atoms with Crippen LogP contribution < -0.4 is 10.6 Å². The van der Waals surface area contributed by atoms with Crippen LogP contribution in [0.4, 0.5) is 5.82 Å². The molecule has 0 spiro atoms. The highest BCUT2D eigenvalue weighted by atomic mass is 16.3. The summed E-state index contributed by atoms with van der Waals surface area (Å²) in [6.45, 7) is 5.84. The monoisotopic (exact) mass is 260 g/mol. The molecule has 1 heterocycles. The SMILES string of the molecule is Cc1nnc(NCCNCC(C)O)c2ccccc12. The molecule has 0 fully saturated rings. The molecule has 1 atom stereocenters. The van der Waals surface area contributed by atoms with Gasteiger partial charge in [0.2, 0.25) is 0 Å².